The molecular formula is C46H49N3O7. The smallest absolute Gasteiger partial charge is 0.319 e. The summed E-state index contributed by atoms with van der Waals surface area (Å²) in [6.07, 6.45) is 0.867. The Balaban J connectivity index is 0.925. The van der Waals surface area contributed by atoms with Gasteiger partial charge in [-0.3, -0.25) is 0 Å². The zero-order valence-electron chi connectivity index (χ0n) is 31.6. The van der Waals surface area contributed by atoms with Gasteiger partial charge in [-0.1, -0.05) is 97.9 Å². The number of benzene rings is 5. The lowest BCUT2D eigenvalue weighted by molar-refractivity contribution is -0.278. The Hall–Kier alpha value is -5.07. The maximum absolute atomic E-state index is 12.9. The Labute approximate surface area is 328 Å². The number of nitrogens with one attached hydrogen (secondary N) is 2. The first kappa shape index (κ1) is 37.8. The molecule has 290 valence electrons. The summed E-state index contributed by atoms with van der Waals surface area (Å²) in [6, 6.07) is 41.0. The van der Waals surface area contributed by atoms with E-state index in [-0.39, 0.29) is 30.8 Å². The van der Waals surface area contributed by atoms with Gasteiger partial charge in [0.25, 0.3) is 0 Å². The van der Waals surface area contributed by atoms with Crippen LogP contribution in [0.3, 0.4) is 0 Å². The molecule has 0 radical (unpaired) electrons. The lowest BCUT2D eigenvalue weighted by Gasteiger charge is -2.44. The van der Waals surface area contributed by atoms with E-state index in [9.17, 15) is 9.90 Å². The van der Waals surface area contributed by atoms with Gasteiger partial charge in [0.2, 0.25) is 0 Å². The number of anilines is 1. The number of nitrogens with zero attached hydrogens (tertiary/aromatic N) is 1. The number of carbonyl (C=O) groups excluding carboxylic acids is 1. The molecule has 10 nitrogen and oxygen atoms in total. The number of ether oxygens (including phenoxy) is 5. The van der Waals surface area contributed by atoms with Crippen LogP contribution >= 0.6 is 0 Å². The van der Waals surface area contributed by atoms with E-state index in [1.54, 1.807) is 0 Å². The fourth-order valence-electron chi connectivity index (χ4n) is 7.80. The topological polar surface area (TPSA) is 111 Å². The third kappa shape index (κ3) is 8.97. The number of aliphatic hydroxyl groups excluding tert-OH is 1. The molecule has 3 fully saturated rings. The first-order valence-corrected chi connectivity index (χ1v) is 19.5. The summed E-state index contributed by atoms with van der Waals surface area (Å²) in [7, 11) is 0. The molecule has 0 unspecified atom stereocenters. The lowest BCUT2D eigenvalue weighted by Crippen LogP contribution is -2.50. The van der Waals surface area contributed by atoms with E-state index in [4.69, 9.17) is 23.7 Å². The van der Waals surface area contributed by atoms with Gasteiger partial charge in [-0.05, 0) is 64.2 Å². The predicted octanol–water partition coefficient (Wildman–Crippen LogP) is 8.59. The quantitative estimate of drug-likeness (QED) is 0.123. The van der Waals surface area contributed by atoms with Crippen molar-refractivity contribution in [1.82, 2.24) is 10.2 Å². The van der Waals surface area contributed by atoms with Crippen molar-refractivity contribution >= 4 is 11.7 Å². The van der Waals surface area contributed by atoms with Crippen LogP contribution in [0, 0.1) is 5.92 Å². The molecule has 8 rings (SSSR count). The molecular weight excluding hydrogens is 707 g/mol. The molecule has 5 aromatic rings. The van der Waals surface area contributed by atoms with E-state index in [0.29, 0.717) is 31.2 Å². The van der Waals surface area contributed by atoms with Crippen LogP contribution in [0.5, 0.6) is 11.5 Å². The molecule has 0 bridgehead atoms. The maximum atomic E-state index is 12.9. The van der Waals surface area contributed by atoms with E-state index in [1.165, 1.54) is 0 Å². The van der Waals surface area contributed by atoms with Crippen LogP contribution in [0.2, 0.25) is 0 Å². The Morgan fingerprint density at radius 2 is 1.45 bits per heavy atom. The number of rotatable bonds is 11. The lowest BCUT2D eigenvalue weighted by atomic mass is 9.89. The number of amides is 2. The molecule has 3 aliphatic rings. The summed E-state index contributed by atoms with van der Waals surface area (Å²) in [4.78, 5) is 15.4. The van der Waals surface area contributed by atoms with Crippen molar-refractivity contribution in [3.63, 3.8) is 0 Å². The van der Waals surface area contributed by atoms with Crippen LogP contribution in [0.15, 0.2) is 127 Å². The van der Waals surface area contributed by atoms with E-state index in [0.717, 1.165) is 71.6 Å². The molecule has 0 aliphatic carbocycles. The third-order valence-corrected chi connectivity index (χ3v) is 11.0. The zero-order chi connectivity index (χ0) is 38.3. The minimum absolute atomic E-state index is 0.00117. The summed E-state index contributed by atoms with van der Waals surface area (Å²) >= 11 is 0. The van der Waals surface area contributed by atoms with E-state index >= 15 is 0 Å². The Kier molecular flexibility index (Phi) is 11.7. The highest BCUT2D eigenvalue weighted by atomic mass is 16.7. The number of piperidine rings is 1. The second kappa shape index (κ2) is 17.4. The molecule has 0 saturated carbocycles. The summed E-state index contributed by atoms with van der Waals surface area (Å²) in [5, 5.41) is 15.6. The number of aliphatic hydroxyl groups is 1. The van der Waals surface area contributed by atoms with E-state index in [1.807, 2.05) is 84.9 Å². The highest BCUT2D eigenvalue weighted by molar-refractivity contribution is 5.89. The summed E-state index contributed by atoms with van der Waals surface area (Å²) in [5.41, 5.74) is 6.57. The average Bonchev–Trinajstić information content (AvgIpc) is 3.71. The third-order valence-electron chi connectivity index (χ3n) is 11.0. The summed E-state index contributed by atoms with van der Waals surface area (Å²) < 4.78 is 31.4. The van der Waals surface area contributed by atoms with Crippen molar-refractivity contribution in [2.45, 2.75) is 57.2 Å². The van der Waals surface area contributed by atoms with Gasteiger partial charge in [0.05, 0.1) is 32.0 Å². The Morgan fingerprint density at radius 3 is 2.16 bits per heavy atom. The van der Waals surface area contributed by atoms with Gasteiger partial charge in [-0.2, -0.15) is 0 Å². The molecule has 3 heterocycles. The van der Waals surface area contributed by atoms with E-state index in [2.05, 4.69) is 64.9 Å². The van der Waals surface area contributed by atoms with Crippen molar-refractivity contribution in [3.05, 3.63) is 150 Å². The number of urea groups is 1. The average molecular weight is 756 g/mol. The molecule has 0 aromatic heterocycles. The molecule has 10 heteroatoms. The van der Waals surface area contributed by atoms with Crippen molar-refractivity contribution in [1.29, 1.82) is 0 Å². The number of hydrogen-bond donors (Lipinski definition) is 3. The highest BCUT2D eigenvalue weighted by Gasteiger charge is 2.43. The van der Waals surface area contributed by atoms with Crippen LogP contribution in [0.25, 0.3) is 11.1 Å². The molecule has 2 amide bonds. The van der Waals surface area contributed by atoms with Crippen LogP contribution in [0.1, 0.15) is 54.4 Å². The molecule has 3 saturated heterocycles. The highest BCUT2D eigenvalue weighted by Crippen LogP contribution is 2.43. The van der Waals surface area contributed by atoms with E-state index < -0.39 is 12.1 Å². The summed E-state index contributed by atoms with van der Waals surface area (Å²) in [5.74, 6) is 1.10. The Bertz CT molecular complexity index is 2030. The van der Waals surface area contributed by atoms with Crippen molar-refractivity contribution in [2.75, 3.05) is 38.2 Å². The first-order valence-electron chi connectivity index (χ1n) is 19.5. The fourth-order valence-corrected chi connectivity index (χ4v) is 7.80. The van der Waals surface area contributed by atoms with Crippen molar-refractivity contribution in [2.24, 2.45) is 5.92 Å². The number of likely N-dealkylation sites (tertiary alicyclic amines) is 1. The predicted molar refractivity (Wildman–Crippen MR) is 214 cm³/mol. The second-order valence-electron chi connectivity index (χ2n) is 14.8. The molecule has 1 spiro atoms. The minimum Gasteiger partial charge on any atom is -0.457 e. The minimum atomic E-state index is -0.565. The van der Waals surface area contributed by atoms with Gasteiger partial charge >= 0.3 is 6.03 Å². The number of hydrogen-bond acceptors (Lipinski definition) is 8. The molecule has 4 atom stereocenters. The van der Waals surface area contributed by atoms with Gasteiger partial charge in [0.1, 0.15) is 11.5 Å². The second-order valence-corrected chi connectivity index (χ2v) is 14.8. The van der Waals surface area contributed by atoms with Crippen LogP contribution in [-0.4, -0.2) is 60.8 Å². The normalized spacial score (nSPS) is 22.1. The zero-order valence-corrected chi connectivity index (χ0v) is 31.6. The van der Waals surface area contributed by atoms with Gasteiger partial charge in [-0.25, -0.2) is 4.79 Å². The molecule has 3 aliphatic heterocycles. The fraction of sp³-hybridized carbons (Fsp3) is 0.326. The SMILES string of the molecule is C[C@@H]1[C@H](CN2CCC3(CC2)OCCO3)O[C@H](c2ccc(-c3ccccc3CNC(=O)Nc3ccc(Oc4ccccc4)cc3)cc2)O[C@@H]1c1ccc(CO)cc1. The first-order chi connectivity index (χ1) is 27.4. The van der Waals surface area contributed by atoms with Crippen LogP contribution < -0.4 is 15.4 Å². The van der Waals surface area contributed by atoms with Crippen molar-refractivity contribution < 1.29 is 33.6 Å². The summed E-state index contributed by atoms with van der Waals surface area (Å²) in [6.45, 7) is 6.43. The maximum Gasteiger partial charge on any atom is 0.319 e. The van der Waals surface area contributed by atoms with Gasteiger partial charge < -0.3 is 44.3 Å². The van der Waals surface area contributed by atoms with Crippen molar-refractivity contribution in [3.8, 4) is 22.6 Å². The van der Waals surface area contributed by atoms with Crippen LogP contribution in [-0.2, 0) is 32.1 Å². The number of para-hydroxylation sites is 1. The molecule has 5 aromatic carbocycles. The van der Waals surface area contributed by atoms with Crippen LogP contribution in [0.4, 0.5) is 10.5 Å². The van der Waals surface area contributed by atoms with Gasteiger partial charge in [0, 0.05) is 56.2 Å². The standard InChI is InChI=1S/C46H49N3O7/c1-32-42(30-49-25-23-46(24-26-49)52-27-28-53-46)55-44(56-43(32)35-13-11-33(31-50)12-14-35)36-17-15-34(16-18-36)41-10-6-5-7-37(41)29-47-45(51)48-38-19-21-40(22-20-38)54-39-8-3-2-4-9-39/h2-22,32,42-44,50H,23-31H2,1H3,(H2,47,48,51)/t32-,42+,43+,44+/m1/s1. The number of carbonyl (C=O) groups is 1. The molecule has 3 N–H and O–H groups in total. The monoisotopic (exact) mass is 755 g/mol. The van der Waals surface area contributed by atoms with Gasteiger partial charge in [0.15, 0.2) is 12.1 Å². The largest absolute Gasteiger partial charge is 0.457 e. The Morgan fingerprint density at radius 1 is 0.786 bits per heavy atom. The van der Waals surface area contributed by atoms with Gasteiger partial charge in [-0.15, -0.1) is 0 Å². The molecule has 56 heavy (non-hydrogen) atoms.